The number of benzene rings is 1. The van der Waals surface area contributed by atoms with Crippen molar-refractivity contribution >= 4 is 23.7 Å². The quantitative estimate of drug-likeness (QED) is 0.495. The molecule has 90 valence electrons. The Balaban J connectivity index is 2.66. The molecule has 1 aromatic carbocycles. The van der Waals surface area contributed by atoms with Gasteiger partial charge in [0.2, 0.25) is 0 Å². The van der Waals surface area contributed by atoms with Crippen LogP contribution < -0.4 is 0 Å². The number of esters is 1. The highest BCUT2D eigenvalue weighted by molar-refractivity contribution is 8.04. The molecule has 5 heteroatoms. The van der Waals surface area contributed by atoms with E-state index in [1.54, 1.807) is 19.1 Å². The minimum absolute atomic E-state index is 0.205. The molecule has 1 aromatic rings. The van der Waals surface area contributed by atoms with Gasteiger partial charge < -0.3 is 9.84 Å². The van der Waals surface area contributed by atoms with Crippen LogP contribution in [0.3, 0.4) is 0 Å². The molecule has 0 aliphatic heterocycles. The first-order valence-corrected chi connectivity index (χ1v) is 5.73. The molecule has 0 saturated heterocycles. The summed E-state index contributed by atoms with van der Waals surface area (Å²) in [6.45, 7) is 5.62. The zero-order chi connectivity index (χ0) is 12.8. The van der Waals surface area contributed by atoms with Crippen LogP contribution in [0.5, 0.6) is 0 Å². The Kier molecular flexibility index (Phi) is 4.78. The van der Waals surface area contributed by atoms with Gasteiger partial charge in [0.15, 0.2) is 0 Å². The fourth-order valence-electron chi connectivity index (χ4n) is 1.06. The molecule has 1 N–H and O–H groups in total. The molecule has 0 aliphatic rings. The zero-order valence-electron chi connectivity index (χ0n) is 9.30. The molecule has 1 rings (SSSR count). The van der Waals surface area contributed by atoms with Crippen molar-refractivity contribution in [2.75, 3.05) is 6.61 Å². The molecule has 17 heavy (non-hydrogen) atoms. The Labute approximate surface area is 103 Å². The van der Waals surface area contributed by atoms with Crippen molar-refractivity contribution in [1.29, 1.82) is 0 Å². The highest BCUT2D eigenvalue weighted by atomic mass is 32.2. The Morgan fingerprint density at radius 3 is 2.41 bits per heavy atom. The summed E-state index contributed by atoms with van der Waals surface area (Å²) in [6.07, 6.45) is 0. The highest BCUT2D eigenvalue weighted by Gasteiger charge is 2.10. The summed E-state index contributed by atoms with van der Waals surface area (Å²) in [7, 11) is 0. The average molecular weight is 252 g/mol. The molecule has 0 saturated carbocycles. The number of hydrogen-bond acceptors (Lipinski definition) is 4. The first-order chi connectivity index (χ1) is 8.04. The van der Waals surface area contributed by atoms with E-state index in [0.717, 1.165) is 16.7 Å². The first kappa shape index (κ1) is 13.3. The van der Waals surface area contributed by atoms with Crippen molar-refractivity contribution < 1.29 is 19.4 Å². The molecule has 0 bridgehead atoms. The van der Waals surface area contributed by atoms with Crippen LogP contribution in [0.15, 0.2) is 40.6 Å². The largest absolute Gasteiger partial charge is 0.478 e. The summed E-state index contributed by atoms with van der Waals surface area (Å²) in [5, 5.41) is 8.72. The maximum Gasteiger partial charge on any atom is 0.344 e. The summed E-state index contributed by atoms with van der Waals surface area (Å²) in [5.74, 6) is -1.44. The van der Waals surface area contributed by atoms with Crippen LogP contribution in [0.25, 0.3) is 0 Å². The first-order valence-electron chi connectivity index (χ1n) is 4.91. The van der Waals surface area contributed by atoms with Crippen LogP contribution in [0.1, 0.15) is 17.3 Å². The molecular weight excluding hydrogens is 240 g/mol. The van der Waals surface area contributed by atoms with E-state index in [1.165, 1.54) is 12.1 Å². The molecule has 0 unspecified atom stereocenters. The van der Waals surface area contributed by atoms with Gasteiger partial charge in [0, 0.05) is 4.90 Å². The van der Waals surface area contributed by atoms with Crippen LogP contribution in [0.4, 0.5) is 0 Å². The molecular formula is C12H12O4S. The van der Waals surface area contributed by atoms with Crippen molar-refractivity contribution in [3.8, 4) is 0 Å². The monoisotopic (exact) mass is 252 g/mol. The molecule has 0 spiro atoms. The van der Waals surface area contributed by atoms with Gasteiger partial charge in [0.05, 0.1) is 17.1 Å². The molecule has 4 nitrogen and oxygen atoms in total. The van der Waals surface area contributed by atoms with Crippen LogP contribution >= 0.6 is 11.8 Å². The third-order valence-corrected chi connectivity index (χ3v) is 2.77. The van der Waals surface area contributed by atoms with Gasteiger partial charge in [0.25, 0.3) is 0 Å². The summed E-state index contributed by atoms with van der Waals surface area (Å²) >= 11 is 1.15. The van der Waals surface area contributed by atoms with E-state index in [2.05, 4.69) is 6.58 Å². The predicted octanol–water partition coefficient (Wildman–Crippen LogP) is 2.55. The van der Waals surface area contributed by atoms with E-state index in [4.69, 9.17) is 9.84 Å². The summed E-state index contributed by atoms with van der Waals surface area (Å²) in [5.41, 5.74) is 0.205. The van der Waals surface area contributed by atoms with E-state index in [0.29, 0.717) is 6.61 Å². The van der Waals surface area contributed by atoms with Crippen LogP contribution in [-0.2, 0) is 9.53 Å². The van der Waals surface area contributed by atoms with E-state index in [1.807, 2.05) is 0 Å². The second kappa shape index (κ2) is 6.10. The Morgan fingerprint density at radius 1 is 1.35 bits per heavy atom. The lowest BCUT2D eigenvalue weighted by molar-refractivity contribution is -0.137. The third kappa shape index (κ3) is 3.96. The minimum Gasteiger partial charge on any atom is -0.478 e. The number of rotatable bonds is 5. The van der Waals surface area contributed by atoms with Gasteiger partial charge in [-0.15, -0.1) is 0 Å². The van der Waals surface area contributed by atoms with Crippen molar-refractivity contribution in [2.45, 2.75) is 11.8 Å². The number of hydrogen-bond donors (Lipinski definition) is 1. The molecule has 0 amide bonds. The SMILES string of the molecule is C=C(Sc1ccc(C(=O)O)cc1)C(=O)OCC. The van der Waals surface area contributed by atoms with Crippen LogP contribution in [-0.4, -0.2) is 23.7 Å². The number of carboxylic acid groups (broad SMARTS) is 1. The highest BCUT2D eigenvalue weighted by Crippen LogP contribution is 2.26. The topological polar surface area (TPSA) is 63.6 Å². The second-order valence-corrected chi connectivity index (χ2v) is 4.24. The lowest BCUT2D eigenvalue weighted by atomic mass is 10.2. The summed E-state index contributed by atoms with van der Waals surface area (Å²) in [4.78, 5) is 22.9. The molecule has 0 aromatic heterocycles. The third-order valence-electron chi connectivity index (χ3n) is 1.85. The Bertz CT molecular complexity index is 436. The van der Waals surface area contributed by atoms with Gasteiger partial charge in [0.1, 0.15) is 0 Å². The lowest BCUT2D eigenvalue weighted by Gasteiger charge is -2.04. The molecule has 0 radical (unpaired) electrons. The molecule has 0 aliphatic carbocycles. The number of aromatic carboxylic acids is 1. The number of carbonyl (C=O) groups excluding carboxylic acids is 1. The number of carbonyl (C=O) groups is 2. The van der Waals surface area contributed by atoms with Gasteiger partial charge in [-0.05, 0) is 31.2 Å². The second-order valence-electron chi connectivity index (χ2n) is 3.08. The van der Waals surface area contributed by atoms with Gasteiger partial charge >= 0.3 is 11.9 Å². The van der Waals surface area contributed by atoms with Gasteiger partial charge in [-0.25, -0.2) is 9.59 Å². The van der Waals surface area contributed by atoms with E-state index < -0.39 is 11.9 Å². The maximum absolute atomic E-state index is 11.3. The minimum atomic E-state index is -0.981. The van der Waals surface area contributed by atoms with E-state index in [9.17, 15) is 9.59 Å². The maximum atomic E-state index is 11.3. The van der Waals surface area contributed by atoms with Crippen molar-refractivity contribution in [3.05, 3.63) is 41.3 Å². The van der Waals surface area contributed by atoms with Crippen LogP contribution in [0, 0.1) is 0 Å². The predicted molar refractivity (Wildman–Crippen MR) is 65.0 cm³/mol. The fourth-order valence-corrected chi connectivity index (χ4v) is 1.76. The van der Waals surface area contributed by atoms with Crippen molar-refractivity contribution in [1.82, 2.24) is 0 Å². The van der Waals surface area contributed by atoms with Crippen molar-refractivity contribution in [2.24, 2.45) is 0 Å². The standard InChI is InChI=1S/C12H12O4S/c1-3-16-12(15)8(2)17-10-6-4-9(5-7-10)11(13)14/h4-7H,2-3H2,1H3,(H,13,14). The summed E-state index contributed by atoms with van der Waals surface area (Å²) < 4.78 is 4.78. The number of thioether (sulfide) groups is 1. The molecule has 0 fully saturated rings. The zero-order valence-corrected chi connectivity index (χ0v) is 10.1. The Morgan fingerprint density at radius 2 is 1.94 bits per heavy atom. The Hall–Kier alpha value is -1.75. The molecule has 0 heterocycles. The fraction of sp³-hybridized carbons (Fsp3) is 0.167. The smallest absolute Gasteiger partial charge is 0.344 e. The molecule has 0 atom stereocenters. The van der Waals surface area contributed by atoms with Gasteiger partial charge in [-0.1, -0.05) is 18.3 Å². The van der Waals surface area contributed by atoms with Gasteiger partial charge in [-0.3, -0.25) is 0 Å². The summed E-state index contributed by atoms with van der Waals surface area (Å²) in [6, 6.07) is 6.20. The van der Waals surface area contributed by atoms with E-state index >= 15 is 0 Å². The van der Waals surface area contributed by atoms with E-state index in [-0.39, 0.29) is 10.5 Å². The van der Waals surface area contributed by atoms with Gasteiger partial charge in [-0.2, -0.15) is 0 Å². The average Bonchev–Trinajstić information content (AvgIpc) is 2.30. The van der Waals surface area contributed by atoms with Crippen LogP contribution in [0.2, 0.25) is 0 Å². The van der Waals surface area contributed by atoms with Crippen molar-refractivity contribution in [3.63, 3.8) is 0 Å². The normalized spacial score (nSPS) is 9.71. The number of carboxylic acids is 1. The lowest BCUT2D eigenvalue weighted by Crippen LogP contribution is -2.04. The number of ether oxygens (including phenoxy) is 1.